The van der Waals surface area contributed by atoms with Gasteiger partial charge in [0.2, 0.25) is 0 Å². The van der Waals surface area contributed by atoms with Crippen molar-refractivity contribution in [3.05, 3.63) is 23.8 Å². The van der Waals surface area contributed by atoms with Gasteiger partial charge < -0.3 is 11.1 Å². The van der Waals surface area contributed by atoms with E-state index in [0.717, 1.165) is 16.9 Å². The largest absolute Gasteiger partial charge is 0.398 e. The monoisotopic (exact) mass is 192 g/mol. The molecule has 0 saturated carbocycles. The molecule has 0 bridgehead atoms. The van der Waals surface area contributed by atoms with Crippen LogP contribution in [0.25, 0.3) is 0 Å². The molecule has 14 heavy (non-hydrogen) atoms. The van der Waals surface area contributed by atoms with Gasteiger partial charge >= 0.3 is 0 Å². The van der Waals surface area contributed by atoms with Gasteiger partial charge in [0.05, 0.1) is 0 Å². The highest BCUT2D eigenvalue weighted by molar-refractivity contribution is 5.58. The van der Waals surface area contributed by atoms with Crippen molar-refractivity contribution in [3.63, 3.8) is 0 Å². The van der Waals surface area contributed by atoms with E-state index >= 15 is 0 Å². The summed E-state index contributed by atoms with van der Waals surface area (Å²) >= 11 is 0. The highest BCUT2D eigenvalue weighted by atomic mass is 14.9. The summed E-state index contributed by atoms with van der Waals surface area (Å²) < 4.78 is 0. The van der Waals surface area contributed by atoms with Crippen LogP contribution in [0.5, 0.6) is 0 Å². The predicted octanol–water partition coefficient (Wildman–Crippen LogP) is 3.18. The minimum atomic E-state index is 0.516. The summed E-state index contributed by atoms with van der Waals surface area (Å²) in [5, 5.41) is 3.43. The molecule has 1 unspecified atom stereocenters. The van der Waals surface area contributed by atoms with Crippen LogP contribution in [0.4, 0.5) is 11.4 Å². The van der Waals surface area contributed by atoms with Crippen molar-refractivity contribution in [2.45, 2.75) is 39.7 Å². The number of nitrogen functional groups attached to an aromatic ring is 1. The van der Waals surface area contributed by atoms with Crippen LogP contribution in [-0.2, 0) is 0 Å². The van der Waals surface area contributed by atoms with Crippen LogP contribution in [0.3, 0.4) is 0 Å². The van der Waals surface area contributed by atoms with E-state index < -0.39 is 0 Å². The molecule has 1 aromatic carbocycles. The number of nitrogens with one attached hydrogen (secondary N) is 1. The Kier molecular flexibility index (Phi) is 3.81. The Bertz CT molecular complexity index is 294. The van der Waals surface area contributed by atoms with Crippen LogP contribution in [0.1, 0.15) is 32.3 Å². The molecule has 0 saturated heterocycles. The third kappa shape index (κ3) is 2.95. The fraction of sp³-hybridized carbons (Fsp3) is 0.500. The molecule has 1 atom stereocenters. The number of anilines is 2. The van der Waals surface area contributed by atoms with Gasteiger partial charge in [-0.05, 0) is 38.0 Å². The molecule has 0 amide bonds. The Hall–Kier alpha value is -1.18. The average Bonchev–Trinajstić information content (AvgIpc) is 2.12. The molecule has 0 radical (unpaired) electrons. The molecule has 2 heteroatoms. The lowest BCUT2D eigenvalue weighted by Gasteiger charge is -2.15. The first kappa shape index (κ1) is 10.9. The molecule has 0 heterocycles. The average molecular weight is 192 g/mol. The molecule has 2 nitrogen and oxygen atoms in total. The van der Waals surface area contributed by atoms with Crippen LogP contribution >= 0.6 is 0 Å². The maximum absolute atomic E-state index is 5.83. The van der Waals surface area contributed by atoms with E-state index in [1.54, 1.807) is 0 Å². The Morgan fingerprint density at radius 1 is 1.43 bits per heavy atom. The number of nitrogens with two attached hydrogens (primary N) is 1. The lowest BCUT2D eigenvalue weighted by molar-refractivity contribution is 0.690. The molecular formula is C12H20N2. The zero-order valence-electron chi connectivity index (χ0n) is 9.30. The summed E-state index contributed by atoms with van der Waals surface area (Å²) in [6.45, 7) is 6.41. The second kappa shape index (κ2) is 4.89. The smallest absolute Gasteiger partial charge is 0.0364 e. The van der Waals surface area contributed by atoms with E-state index in [4.69, 9.17) is 5.73 Å². The molecular weight excluding hydrogens is 172 g/mol. The highest BCUT2D eigenvalue weighted by Gasteiger charge is 2.01. The van der Waals surface area contributed by atoms with Crippen LogP contribution < -0.4 is 11.1 Å². The van der Waals surface area contributed by atoms with E-state index in [2.05, 4.69) is 31.3 Å². The Morgan fingerprint density at radius 2 is 2.14 bits per heavy atom. The van der Waals surface area contributed by atoms with E-state index in [1.807, 2.05) is 13.0 Å². The number of hydrogen-bond acceptors (Lipinski definition) is 2. The third-order valence-corrected chi connectivity index (χ3v) is 2.41. The highest BCUT2D eigenvalue weighted by Crippen LogP contribution is 2.18. The van der Waals surface area contributed by atoms with E-state index in [9.17, 15) is 0 Å². The minimum absolute atomic E-state index is 0.516. The Balaban J connectivity index is 2.63. The van der Waals surface area contributed by atoms with E-state index in [0.29, 0.717) is 6.04 Å². The topological polar surface area (TPSA) is 38.0 Å². The SMILES string of the molecule is CCCC(C)Nc1ccc(C)c(N)c1. The molecule has 0 aliphatic carbocycles. The van der Waals surface area contributed by atoms with Gasteiger partial charge in [-0.2, -0.15) is 0 Å². The van der Waals surface area contributed by atoms with Crippen molar-refractivity contribution >= 4 is 11.4 Å². The first-order valence-corrected chi connectivity index (χ1v) is 5.26. The minimum Gasteiger partial charge on any atom is -0.398 e. The van der Waals surface area contributed by atoms with Gasteiger partial charge in [-0.25, -0.2) is 0 Å². The molecule has 0 spiro atoms. The molecule has 1 rings (SSSR count). The Labute approximate surface area is 86.5 Å². The summed E-state index contributed by atoms with van der Waals surface area (Å²) in [6, 6.07) is 6.65. The van der Waals surface area contributed by atoms with Crippen LogP contribution in [-0.4, -0.2) is 6.04 Å². The fourth-order valence-electron chi connectivity index (χ4n) is 1.52. The zero-order chi connectivity index (χ0) is 10.6. The van der Waals surface area contributed by atoms with Crippen LogP contribution in [0.15, 0.2) is 18.2 Å². The number of benzene rings is 1. The van der Waals surface area contributed by atoms with Crippen LogP contribution in [0, 0.1) is 6.92 Å². The van der Waals surface area contributed by atoms with E-state index in [-0.39, 0.29) is 0 Å². The third-order valence-electron chi connectivity index (χ3n) is 2.41. The standard InChI is InChI=1S/C12H20N2/c1-4-5-10(3)14-11-7-6-9(2)12(13)8-11/h6-8,10,14H,4-5,13H2,1-3H3. The summed E-state index contributed by atoms with van der Waals surface area (Å²) in [5.74, 6) is 0. The molecule has 0 aliphatic heterocycles. The lowest BCUT2D eigenvalue weighted by atomic mass is 10.1. The van der Waals surface area contributed by atoms with Crippen molar-refractivity contribution in [2.75, 3.05) is 11.1 Å². The molecule has 3 N–H and O–H groups in total. The quantitative estimate of drug-likeness (QED) is 0.719. The van der Waals surface area contributed by atoms with Gasteiger partial charge in [-0.3, -0.25) is 0 Å². The normalized spacial score (nSPS) is 12.5. The van der Waals surface area contributed by atoms with Crippen molar-refractivity contribution in [1.82, 2.24) is 0 Å². The molecule has 0 fully saturated rings. The van der Waals surface area contributed by atoms with Gasteiger partial charge in [0.15, 0.2) is 0 Å². The molecule has 1 aromatic rings. The molecule has 0 aliphatic rings. The summed E-state index contributed by atoms with van der Waals surface area (Å²) in [6.07, 6.45) is 2.39. The van der Waals surface area contributed by atoms with Crippen molar-refractivity contribution in [1.29, 1.82) is 0 Å². The van der Waals surface area contributed by atoms with Gasteiger partial charge in [0.1, 0.15) is 0 Å². The maximum atomic E-state index is 5.83. The zero-order valence-corrected chi connectivity index (χ0v) is 9.30. The number of aryl methyl sites for hydroxylation is 1. The molecule has 78 valence electrons. The van der Waals surface area contributed by atoms with Gasteiger partial charge in [0.25, 0.3) is 0 Å². The summed E-state index contributed by atoms with van der Waals surface area (Å²) in [4.78, 5) is 0. The fourth-order valence-corrected chi connectivity index (χ4v) is 1.52. The van der Waals surface area contributed by atoms with Gasteiger partial charge in [-0.1, -0.05) is 19.4 Å². The van der Waals surface area contributed by atoms with Crippen molar-refractivity contribution in [2.24, 2.45) is 0 Å². The van der Waals surface area contributed by atoms with Crippen molar-refractivity contribution in [3.8, 4) is 0 Å². The first-order valence-electron chi connectivity index (χ1n) is 5.26. The van der Waals surface area contributed by atoms with Crippen LogP contribution in [0.2, 0.25) is 0 Å². The maximum Gasteiger partial charge on any atom is 0.0364 e. The Morgan fingerprint density at radius 3 is 2.71 bits per heavy atom. The number of rotatable bonds is 4. The first-order chi connectivity index (χ1) is 6.63. The summed E-state index contributed by atoms with van der Waals surface area (Å²) in [7, 11) is 0. The second-order valence-electron chi connectivity index (χ2n) is 3.91. The van der Waals surface area contributed by atoms with Gasteiger partial charge in [0, 0.05) is 17.4 Å². The summed E-state index contributed by atoms with van der Waals surface area (Å²) in [5.41, 5.74) is 8.95. The number of hydrogen-bond donors (Lipinski definition) is 2. The lowest BCUT2D eigenvalue weighted by Crippen LogP contribution is -2.14. The second-order valence-corrected chi connectivity index (χ2v) is 3.91. The molecule has 0 aromatic heterocycles. The van der Waals surface area contributed by atoms with E-state index in [1.165, 1.54) is 12.8 Å². The van der Waals surface area contributed by atoms with Crippen molar-refractivity contribution < 1.29 is 0 Å². The van der Waals surface area contributed by atoms with Gasteiger partial charge in [-0.15, -0.1) is 0 Å². The predicted molar refractivity (Wildman–Crippen MR) is 63.6 cm³/mol.